The molecule has 3 heterocycles. The molecule has 7 nitrogen and oxygen atoms in total. The maximum absolute atomic E-state index is 13.2. The maximum Gasteiger partial charge on any atom is 0.169 e. The average molecular weight is 506 g/mol. The summed E-state index contributed by atoms with van der Waals surface area (Å²) in [5.74, 6) is 2.01. The molecule has 1 aromatic carbocycles. The Morgan fingerprint density at radius 3 is 2.27 bits per heavy atom. The van der Waals surface area contributed by atoms with Crippen molar-refractivity contribution in [3.05, 3.63) is 48.0 Å². The van der Waals surface area contributed by atoms with Crippen molar-refractivity contribution in [2.45, 2.75) is 0 Å². The van der Waals surface area contributed by atoms with Crippen LogP contribution in [0.15, 0.2) is 36.5 Å². The molecule has 0 amide bonds. The number of benzene rings is 1. The molecule has 0 bridgehead atoms. The van der Waals surface area contributed by atoms with E-state index in [2.05, 4.69) is 16.9 Å². The average Bonchev–Trinajstić information content (AvgIpc) is 3.08. The van der Waals surface area contributed by atoms with Gasteiger partial charge in [0.05, 0.1) is 25.4 Å². The molecule has 159 valence electrons. The molecule has 1 saturated heterocycles. The SMILES string of the molecule is CN1CC(C[NH-])C1.COc1cccc(OC)c1-c1cn(SF)c2nc([NH-])ccc12.[Y]. The molecule has 30 heavy (non-hydrogen) atoms. The second-order valence-corrected chi connectivity index (χ2v) is 7.37. The summed E-state index contributed by atoms with van der Waals surface area (Å²) in [5, 5.41) is 0.726. The normalized spacial score (nSPS) is 13.8. The summed E-state index contributed by atoms with van der Waals surface area (Å²) in [5.41, 5.74) is 16.4. The van der Waals surface area contributed by atoms with Crippen LogP contribution >= 0.6 is 12.3 Å². The van der Waals surface area contributed by atoms with Gasteiger partial charge in [-0.05, 0) is 25.1 Å². The Hall–Kier alpha value is -1.39. The van der Waals surface area contributed by atoms with Crippen molar-refractivity contribution in [1.82, 2.24) is 13.9 Å². The molecule has 0 unspecified atom stereocenters. The van der Waals surface area contributed by atoms with Crippen LogP contribution in [0.3, 0.4) is 0 Å². The van der Waals surface area contributed by atoms with Gasteiger partial charge in [-0.15, -0.1) is 10.4 Å². The van der Waals surface area contributed by atoms with Gasteiger partial charge in [0.15, 0.2) is 12.3 Å². The number of hydrogen-bond acceptors (Lipinski definition) is 5. The van der Waals surface area contributed by atoms with Gasteiger partial charge in [-0.1, -0.05) is 24.0 Å². The van der Waals surface area contributed by atoms with E-state index in [0.717, 1.165) is 29.6 Å². The van der Waals surface area contributed by atoms with Crippen molar-refractivity contribution in [3.8, 4) is 22.6 Å². The van der Waals surface area contributed by atoms with Gasteiger partial charge >= 0.3 is 0 Å². The second-order valence-electron chi connectivity index (χ2n) is 6.83. The van der Waals surface area contributed by atoms with E-state index in [1.165, 1.54) is 3.97 Å². The molecule has 1 radical (unpaired) electrons. The number of methoxy groups -OCH3 is 2. The van der Waals surface area contributed by atoms with E-state index < -0.39 is 0 Å². The summed E-state index contributed by atoms with van der Waals surface area (Å²) in [4.78, 5) is 6.33. The van der Waals surface area contributed by atoms with Gasteiger partial charge in [0, 0.05) is 62.9 Å². The maximum atomic E-state index is 13.2. The van der Waals surface area contributed by atoms with Gasteiger partial charge in [-0.3, -0.25) is 3.97 Å². The van der Waals surface area contributed by atoms with Gasteiger partial charge in [0.2, 0.25) is 0 Å². The van der Waals surface area contributed by atoms with E-state index in [4.69, 9.17) is 20.9 Å². The van der Waals surface area contributed by atoms with Crippen molar-refractivity contribution in [3.63, 3.8) is 0 Å². The first-order valence-corrected chi connectivity index (χ1v) is 9.77. The monoisotopic (exact) mass is 506 g/mol. The summed E-state index contributed by atoms with van der Waals surface area (Å²) in [6.07, 6.45) is 1.63. The quantitative estimate of drug-likeness (QED) is 0.464. The van der Waals surface area contributed by atoms with E-state index in [-0.39, 0.29) is 50.9 Å². The Labute approximate surface area is 205 Å². The number of hydrogen-bond donors (Lipinski definition) is 0. The number of pyridine rings is 1. The molecule has 0 aliphatic carbocycles. The van der Waals surface area contributed by atoms with Crippen LogP contribution in [0.4, 0.5) is 9.70 Å². The first-order chi connectivity index (χ1) is 14.0. The van der Waals surface area contributed by atoms with Crippen molar-refractivity contribution in [1.29, 1.82) is 0 Å². The number of fused-ring (bicyclic) bond motifs is 1. The van der Waals surface area contributed by atoms with Crippen molar-refractivity contribution < 1.29 is 46.1 Å². The summed E-state index contributed by atoms with van der Waals surface area (Å²) in [6.45, 7) is 2.90. The molecule has 1 fully saturated rings. The number of likely N-dealkylation sites (tertiary alicyclic amines) is 1. The van der Waals surface area contributed by atoms with Crippen LogP contribution in [0.5, 0.6) is 11.5 Å². The van der Waals surface area contributed by atoms with Gasteiger partial charge in [-0.2, -0.15) is 0 Å². The van der Waals surface area contributed by atoms with Crippen molar-refractivity contribution >= 4 is 29.2 Å². The number of nitrogens with zero attached hydrogens (tertiary/aromatic N) is 3. The predicted molar refractivity (Wildman–Crippen MR) is 117 cm³/mol. The second kappa shape index (κ2) is 11.3. The van der Waals surface area contributed by atoms with Crippen molar-refractivity contribution in [2.24, 2.45) is 5.92 Å². The van der Waals surface area contributed by atoms with Crippen molar-refractivity contribution in [2.75, 3.05) is 40.9 Å². The Balaban J connectivity index is 0.000000341. The Kier molecular flexibility index (Phi) is 9.37. The minimum absolute atomic E-state index is 0. The number of ether oxygens (including phenoxy) is 2. The standard InChI is InChI=1S/C15H13FN3O2S.C5H11N2.Y/c1-20-11-4-3-5-12(21-2)14(11)10-8-19(22-16)15-9(10)6-7-13(17)18-15;1-7-3-5(2-6)4-7;/h3-8H,1-2H3,(H-,17,18);5-6H,2-4H2,1H3;/q2*-1;. The fourth-order valence-electron chi connectivity index (χ4n) is 3.40. The fraction of sp³-hybridized carbons (Fsp3) is 0.350. The van der Waals surface area contributed by atoms with Crippen LogP contribution in [0.25, 0.3) is 33.6 Å². The molecule has 3 aromatic rings. The van der Waals surface area contributed by atoms with E-state index in [0.29, 0.717) is 29.6 Å². The van der Waals surface area contributed by atoms with E-state index in [1.807, 2.05) is 18.2 Å². The number of halogens is 1. The number of aromatic nitrogens is 2. The van der Waals surface area contributed by atoms with Gasteiger partial charge in [0.1, 0.15) is 11.5 Å². The third-order valence-electron chi connectivity index (χ3n) is 4.82. The number of rotatable bonds is 5. The third-order valence-corrected chi connectivity index (χ3v) is 5.25. The summed E-state index contributed by atoms with van der Waals surface area (Å²) in [7, 11) is 5.23. The molecule has 2 aromatic heterocycles. The zero-order chi connectivity index (χ0) is 21.0. The molecule has 0 atom stereocenters. The van der Waals surface area contributed by atoms with Gasteiger partial charge in [0.25, 0.3) is 0 Å². The zero-order valence-corrected chi connectivity index (χ0v) is 20.8. The molecular formula is C20H24FN5O2SY-2. The van der Waals surface area contributed by atoms with E-state index in [1.54, 1.807) is 32.5 Å². The van der Waals surface area contributed by atoms with Crippen LogP contribution in [-0.4, -0.2) is 54.8 Å². The molecule has 10 heteroatoms. The molecule has 0 spiro atoms. The first kappa shape index (κ1) is 24.9. The summed E-state index contributed by atoms with van der Waals surface area (Å²) in [6, 6.07) is 8.77. The summed E-state index contributed by atoms with van der Waals surface area (Å²) >= 11 is 0.0386. The smallest absolute Gasteiger partial charge is 0.169 e. The topological polar surface area (TPSA) is 87.1 Å². The van der Waals surface area contributed by atoms with E-state index >= 15 is 0 Å². The largest absolute Gasteiger partial charge is 0.677 e. The molecule has 1 aliphatic heterocycles. The predicted octanol–water partition coefficient (Wildman–Crippen LogP) is 5.38. The van der Waals surface area contributed by atoms with Crippen LogP contribution in [0.2, 0.25) is 0 Å². The van der Waals surface area contributed by atoms with Crippen LogP contribution < -0.4 is 9.47 Å². The first-order valence-electron chi connectivity index (χ1n) is 9.09. The molecule has 4 rings (SSSR count). The van der Waals surface area contributed by atoms with Crippen LogP contribution in [0, 0.1) is 5.92 Å². The Bertz CT molecular complexity index is 959. The number of nitrogens with one attached hydrogen (secondary N) is 2. The minimum atomic E-state index is 0. The molecule has 1 aliphatic rings. The Morgan fingerprint density at radius 2 is 1.80 bits per heavy atom. The van der Waals surface area contributed by atoms with Crippen LogP contribution in [0.1, 0.15) is 0 Å². The van der Waals surface area contributed by atoms with Gasteiger partial charge in [-0.25, -0.2) is 0 Å². The third kappa shape index (κ3) is 5.26. The Morgan fingerprint density at radius 1 is 1.17 bits per heavy atom. The summed E-state index contributed by atoms with van der Waals surface area (Å²) < 4.78 is 25.3. The fourth-order valence-corrected chi connectivity index (χ4v) is 3.75. The zero-order valence-electron chi connectivity index (χ0n) is 17.2. The van der Waals surface area contributed by atoms with E-state index in [9.17, 15) is 3.89 Å². The molecule has 0 saturated carbocycles. The van der Waals surface area contributed by atoms with Gasteiger partial charge < -0.3 is 30.8 Å². The molecular weight excluding hydrogens is 482 g/mol. The molecule has 2 N–H and O–H groups in total. The van der Waals surface area contributed by atoms with Crippen LogP contribution in [-0.2, 0) is 32.7 Å². The minimum Gasteiger partial charge on any atom is -0.677 e.